The Balaban J connectivity index is 2.01. The highest BCUT2D eigenvalue weighted by Gasteiger charge is 2.13. The van der Waals surface area contributed by atoms with Gasteiger partial charge in [0.15, 0.2) is 4.80 Å². The van der Waals surface area contributed by atoms with E-state index in [4.69, 9.17) is 27.9 Å². The third kappa shape index (κ3) is 3.85. The van der Waals surface area contributed by atoms with Crippen molar-refractivity contribution in [1.29, 1.82) is 0 Å². The van der Waals surface area contributed by atoms with Crippen LogP contribution in [0.25, 0.3) is 10.2 Å². The molecule has 0 aliphatic heterocycles. The van der Waals surface area contributed by atoms with Crippen molar-refractivity contribution in [3.63, 3.8) is 0 Å². The number of ether oxygens (including phenoxy) is 1. The predicted molar refractivity (Wildman–Crippen MR) is 107 cm³/mol. The molecule has 0 saturated heterocycles. The molecule has 3 aromatic rings. The van der Waals surface area contributed by atoms with Crippen LogP contribution in [0, 0.1) is 0 Å². The maximum absolute atomic E-state index is 12.4. The van der Waals surface area contributed by atoms with Crippen LogP contribution in [0.5, 0.6) is 5.75 Å². The Kier molecular flexibility index (Phi) is 5.81. The van der Waals surface area contributed by atoms with Crippen molar-refractivity contribution in [2.75, 3.05) is 7.11 Å². The molecule has 7 heteroatoms. The lowest BCUT2D eigenvalue weighted by Gasteiger charge is -2.03. The zero-order valence-corrected chi connectivity index (χ0v) is 16.4. The largest absolute Gasteiger partial charge is 0.497 e. The average Bonchev–Trinajstić information content (AvgIpc) is 2.98. The normalized spacial score (nSPS) is 11.7. The lowest BCUT2D eigenvalue weighted by Crippen LogP contribution is -2.17. The Morgan fingerprint density at radius 3 is 2.58 bits per heavy atom. The Morgan fingerprint density at radius 1 is 1.23 bits per heavy atom. The lowest BCUT2D eigenvalue weighted by molar-refractivity contribution is -0.117. The van der Waals surface area contributed by atoms with Crippen molar-refractivity contribution >= 4 is 50.7 Å². The monoisotopic (exact) mass is 406 g/mol. The fourth-order valence-corrected chi connectivity index (χ4v) is 4.23. The molecule has 0 fully saturated rings. The molecule has 0 saturated carbocycles. The van der Waals surface area contributed by atoms with E-state index in [1.54, 1.807) is 25.3 Å². The lowest BCUT2D eigenvalue weighted by atomic mass is 10.1. The molecule has 4 nitrogen and oxygen atoms in total. The molecule has 0 aliphatic rings. The highest BCUT2D eigenvalue weighted by Crippen LogP contribution is 2.31. The second kappa shape index (κ2) is 8.08. The van der Waals surface area contributed by atoms with Gasteiger partial charge in [-0.2, -0.15) is 4.99 Å². The number of benzene rings is 2. The van der Waals surface area contributed by atoms with Crippen LogP contribution in [0.4, 0.5) is 0 Å². The topological polar surface area (TPSA) is 43.6 Å². The van der Waals surface area contributed by atoms with Crippen LogP contribution < -0.4 is 9.54 Å². The molecule has 1 aromatic heterocycles. The number of methoxy groups -OCH3 is 1. The van der Waals surface area contributed by atoms with Gasteiger partial charge >= 0.3 is 0 Å². The summed E-state index contributed by atoms with van der Waals surface area (Å²) >= 11 is 14.0. The second-order valence-electron chi connectivity index (χ2n) is 5.52. The standard InChI is InChI=1S/C19H16Cl2N2O2S/c1-3-10-23-17-14(20)8-9-15(21)18(17)26-19(23)22-16(24)11-12-4-6-13(25-2)7-5-12/h3-9H,1,10-11H2,2H3. The molecule has 1 heterocycles. The first-order valence-corrected chi connectivity index (χ1v) is 9.39. The van der Waals surface area contributed by atoms with Crippen LogP contribution >= 0.6 is 34.5 Å². The number of hydrogen-bond donors (Lipinski definition) is 0. The Hall–Kier alpha value is -2.08. The van der Waals surface area contributed by atoms with Crippen molar-refractivity contribution in [3.8, 4) is 5.75 Å². The number of carbonyl (C=O) groups is 1. The van der Waals surface area contributed by atoms with Crippen LogP contribution in [0.15, 0.2) is 54.0 Å². The smallest absolute Gasteiger partial charge is 0.252 e. The predicted octanol–water partition coefficient (Wildman–Crippen LogP) is 4.87. The van der Waals surface area contributed by atoms with Gasteiger partial charge in [0.1, 0.15) is 5.75 Å². The van der Waals surface area contributed by atoms with E-state index in [1.165, 1.54) is 11.3 Å². The number of amides is 1. The minimum atomic E-state index is -0.244. The van der Waals surface area contributed by atoms with Crippen LogP contribution in [0.1, 0.15) is 5.56 Å². The average molecular weight is 407 g/mol. The highest BCUT2D eigenvalue weighted by molar-refractivity contribution is 7.17. The molecular weight excluding hydrogens is 391 g/mol. The van der Waals surface area contributed by atoms with Gasteiger partial charge in [-0.1, -0.05) is 52.7 Å². The number of thiazole rings is 1. The Labute approximate surface area is 165 Å². The second-order valence-corrected chi connectivity index (χ2v) is 7.31. The number of hydrogen-bond acceptors (Lipinski definition) is 3. The number of allylic oxidation sites excluding steroid dienone is 1. The Morgan fingerprint density at radius 2 is 1.92 bits per heavy atom. The summed E-state index contributed by atoms with van der Waals surface area (Å²) in [6, 6.07) is 10.8. The van der Waals surface area contributed by atoms with Crippen molar-refractivity contribution in [1.82, 2.24) is 4.57 Å². The molecule has 2 aromatic carbocycles. The summed E-state index contributed by atoms with van der Waals surface area (Å²) in [6.07, 6.45) is 1.93. The summed E-state index contributed by atoms with van der Waals surface area (Å²) in [7, 11) is 1.60. The summed E-state index contributed by atoms with van der Waals surface area (Å²) in [5, 5.41) is 1.14. The first-order chi connectivity index (χ1) is 12.5. The van der Waals surface area contributed by atoms with E-state index in [2.05, 4.69) is 11.6 Å². The van der Waals surface area contributed by atoms with Gasteiger partial charge in [-0.15, -0.1) is 6.58 Å². The van der Waals surface area contributed by atoms with Crippen LogP contribution in [0.3, 0.4) is 0 Å². The molecule has 0 spiro atoms. The molecule has 26 heavy (non-hydrogen) atoms. The Bertz CT molecular complexity index is 1040. The van der Waals surface area contributed by atoms with Gasteiger partial charge in [0.05, 0.1) is 33.8 Å². The van der Waals surface area contributed by atoms with Gasteiger partial charge in [0.25, 0.3) is 5.91 Å². The summed E-state index contributed by atoms with van der Waals surface area (Å²) in [4.78, 5) is 17.3. The molecule has 0 unspecified atom stereocenters. The number of aromatic nitrogens is 1. The van der Waals surface area contributed by atoms with Gasteiger partial charge < -0.3 is 9.30 Å². The minimum absolute atomic E-state index is 0.202. The zero-order valence-electron chi connectivity index (χ0n) is 14.0. The van der Waals surface area contributed by atoms with Gasteiger partial charge in [0.2, 0.25) is 0 Å². The highest BCUT2D eigenvalue weighted by atomic mass is 35.5. The number of nitrogens with zero attached hydrogens (tertiary/aromatic N) is 2. The van der Waals surface area contributed by atoms with Crippen molar-refractivity contribution in [2.24, 2.45) is 4.99 Å². The van der Waals surface area contributed by atoms with E-state index in [0.717, 1.165) is 21.5 Å². The van der Waals surface area contributed by atoms with Gasteiger partial charge in [0, 0.05) is 6.54 Å². The van der Waals surface area contributed by atoms with E-state index in [0.29, 0.717) is 21.4 Å². The molecule has 1 amide bonds. The van der Waals surface area contributed by atoms with E-state index in [9.17, 15) is 4.79 Å². The van der Waals surface area contributed by atoms with Crippen LogP contribution in [-0.4, -0.2) is 17.6 Å². The van der Waals surface area contributed by atoms with Crippen molar-refractivity contribution in [3.05, 3.63) is 69.5 Å². The first-order valence-electron chi connectivity index (χ1n) is 7.82. The van der Waals surface area contributed by atoms with Gasteiger partial charge in [-0.3, -0.25) is 4.79 Å². The molecular formula is C19H16Cl2N2O2S. The molecule has 0 bridgehead atoms. The SMILES string of the molecule is C=CCn1c(=NC(=O)Cc2ccc(OC)cc2)sc2c(Cl)ccc(Cl)c21. The van der Waals surface area contributed by atoms with E-state index >= 15 is 0 Å². The molecule has 0 atom stereocenters. The maximum atomic E-state index is 12.4. The van der Waals surface area contributed by atoms with Crippen molar-refractivity contribution < 1.29 is 9.53 Å². The van der Waals surface area contributed by atoms with E-state index in [-0.39, 0.29) is 12.3 Å². The number of carbonyl (C=O) groups excluding carboxylic acids is 1. The van der Waals surface area contributed by atoms with Gasteiger partial charge in [-0.05, 0) is 29.8 Å². The van der Waals surface area contributed by atoms with Crippen LogP contribution in [-0.2, 0) is 17.8 Å². The van der Waals surface area contributed by atoms with E-state index < -0.39 is 0 Å². The molecule has 3 rings (SSSR count). The summed E-state index contributed by atoms with van der Waals surface area (Å²) in [6.45, 7) is 4.25. The first kappa shape index (κ1) is 18.7. The van der Waals surface area contributed by atoms with Gasteiger partial charge in [-0.25, -0.2) is 0 Å². The quantitative estimate of drug-likeness (QED) is 0.566. The minimum Gasteiger partial charge on any atom is -0.497 e. The third-order valence-electron chi connectivity index (χ3n) is 3.77. The maximum Gasteiger partial charge on any atom is 0.252 e. The molecule has 0 N–H and O–H groups in total. The molecule has 134 valence electrons. The van der Waals surface area contributed by atoms with Crippen molar-refractivity contribution in [2.45, 2.75) is 13.0 Å². The summed E-state index contributed by atoms with van der Waals surface area (Å²) < 4.78 is 7.78. The van der Waals surface area contributed by atoms with E-state index in [1.807, 2.05) is 28.8 Å². The molecule has 0 radical (unpaired) electrons. The number of halogens is 2. The number of rotatable bonds is 5. The summed E-state index contributed by atoms with van der Waals surface area (Å²) in [5.74, 6) is 0.502. The fourth-order valence-electron chi connectivity index (χ4n) is 2.56. The fraction of sp³-hybridized carbons (Fsp3) is 0.158. The number of fused-ring (bicyclic) bond motifs is 1. The summed E-state index contributed by atoms with van der Waals surface area (Å²) in [5.41, 5.74) is 1.63. The zero-order chi connectivity index (χ0) is 18.7. The van der Waals surface area contributed by atoms with Crippen LogP contribution in [0.2, 0.25) is 10.0 Å². The molecule has 0 aliphatic carbocycles. The third-order valence-corrected chi connectivity index (χ3v) is 5.62.